The van der Waals surface area contributed by atoms with Gasteiger partial charge < -0.3 is 24.8 Å². The van der Waals surface area contributed by atoms with Crippen molar-refractivity contribution in [2.75, 3.05) is 26.9 Å². The molecule has 0 fully saturated rings. The minimum Gasteiger partial charge on any atom is -0.474 e. The van der Waals surface area contributed by atoms with E-state index in [0.29, 0.717) is 29.6 Å². The van der Waals surface area contributed by atoms with Crippen molar-refractivity contribution in [1.29, 1.82) is 0 Å². The Balaban J connectivity index is 1.44. The van der Waals surface area contributed by atoms with Gasteiger partial charge in [0.15, 0.2) is 11.6 Å². The van der Waals surface area contributed by atoms with E-state index in [-0.39, 0.29) is 31.7 Å². The van der Waals surface area contributed by atoms with Crippen LogP contribution in [0.5, 0.6) is 5.88 Å². The van der Waals surface area contributed by atoms with Crippen LogP contribution in [0.1, 0.15) is 22.9 Å². The number of benzene rings is 2. The number of aromatic nitrogens is 1. The molecule has 2 aromatic carbocycles. The van der Waals surface area contributed by atoms with Crippen LogP contribution in [0.4, 0.5) is 13.6 Å². The molecule has 0 bridgehead atoms. The number of halogens is 2. The van der Waals surface area contributed by atoms with Crippen molar-refractivity contribution in [1.82, 2.24) is 15.6 Å². The summed E-state index contributed by atoms with van der Waals surface area (Å²) in [5.74, 6) is -1.81. The number of rotatable bonds is 7. The maximum atomic E-state index is 14.0. The molecule has 1 amide bonds. The van der Waals surface area contributed by atoms with E-state index in [4.69, 9.17) is 14.2 Å². The summed E-state index contributed by atoms with van der Waals surface area (Å²) >= 11 is 0. The summed E-state index contributed by atoms with van der Waals surface area (Å²) in [6.07, 6.45) is -0.584. The molecule has 2 heterocycles. The van der Waals surface area contributed by atoms with Crippen molar-refractivity contribution < 1.29 is 27.8 Å². The van der Waals surface area contributed by atoms with Gasteiger partial charge in [-0.2, -0.15) is 0 Å². The number of amides is 1. The second kappa shape index (κ2) is 9.88. The number of hydrogen-bond acceptors (Lipinski definition) is 6. The van der Waals surface area contributed by atoms with Crippen molar-refractivity contribution in [3.8, 4) is 5.88 Å². The Morgan fingerprint density at radius 2 is 1.91 bits per heavy atom. The number of likely N-dealkylation sites (N-methyl/N-ethyl adjacent to an activating group) is 1. The molecule has 9 heteroatoms. The third-order valence-electron chi connectivity index (χ3n) is 5.18. The largest absolute Gasteiger partial charge is 0.474 e. The summed E-state index contributed by atoms with van der Waals surface area (Å²) in [6.45, 7) is 0.923. The van der Waals surface area contributed by atoms with Gasteiger partial charge in [0.2, 0.25) is 5.88 Å². The predicted octanol–water partition coefficient (Wildman–Crippen LogP) is 3.61. The van der Waals surface area contributed by atoms with Crippen LogP contribution >= 0.6 is 0 Å². The monoisotopic (exact) mass is 443 g/mol. The summed E-state index contributed by atoms with van der Waals surface area (Å²) in [6, 6.07) is 11.5. The quantitative estimate of drug-likeness (QED) is 0.543. The summed E-state index contributed by atoms with van der Waals surface area (Å²) in [7, 11) is 1.76. The van der Waals surface area contributed by atoms with Crippen LogP contribution in [0.25, 0.3) is 10.8 Å². The first-order valence-corrected chi connectivity index (χ1v) is 10.2. The third-order valence-corrected chi connectivity index (χ3v) is 5.18. The second-order valence-corrected chi connectivity index (χ2v) is 7.27. The smallest absolute Gasteiger partial charge is 0.407 e. The normalized spacial score (nSPS) is 15.3. The fraction of sp³-hybridized carbons (Fsp3) is 0.304. The lowest BCUT2D eigenvalue weighted by molar-refractivity contribution is 0.0811. The summed E-state index contributed by atoms with van der Waals surface area (Å²) < 4.78 is 44.4. The molecule has 0 unspecified atom stereocenters. The Labute approximate surface area is 183 Å². The van der Waals surface area contributed by atoms with E-state index in [1.54, 1.807) is 7.05 Å². The molecule has 0 aliphatic carbocycles. The fourth-order valence-electron chi connectivity index (χ4n) is 3.63. The van der Waals surface area contributed by atoms with Gasteiger partial charge in [0, 0.05) is 17.5 Å². The van der Waals surface area contributed by atoms with Gasteiger partial charge in [0.05, 0.1) is 24.9 Å². The van der Waals surface area contributed by atoms with E-state index in [9.17, 15) is 13.6 Å². The molecular formula is C23H23F2N3O4. The van der Waals surface area contributed by atoms with Crippen molar-refractivity contribution in [3.63, 3.8) is 0 Å². The van der Waals surface area contributed by atoms with Crippen LogP contribution in [0.3, 0.4) is 0 Å². The number of hydrogen-bond donors (Lipinski definition) is 2. The topological polar surface area (TPSA) is 81.7 Å². The van der Waals surface area contributed by atoms with Gasteiger partial charge >= 0.3 is 6.09 Å². The number of carbonyl (C=O) groups excluding carboxylic acids is 1. The average Bonchev–Trinajstić information content (AvgIpc) is 2.81. The third kappa shape index (κ3) is 4.79. The fourth-order valence-corrected chi connectivity index (χ4v) is 3.63. The molecule has 1 atom stereocenters. The Morgan fingerprint density at radius 3 is 2.66 bits per heavy atom. The first kappa shape index (κ1) is 21.9. The molecule has 3 aromatic rings. The van der Waals surface area contributed by atoms with E-state index in [1.807, 2.05) is 30.3 Å². The minimum atomic E-state index is -0.992. The number of alkyl carbamates (subject to hydrolysis) is 1. The number of carbonyl (C=O) groups is 1. The lowest BCUT2D eigenvalue weighted by Gasteiger charge is -2.27. The van der Waals surface area contributed by atoms with Crippen LogP contribution in [-0.4, -0.2) is 37.9 Å². The van der Waals surface area contributed by atoms with Crippen LogP contribution < -0.4 is 15.4 Å². The van der Waals surface area contributed by atoms with Gasteiger partial charge in [-0.3, -0.25) is 0 Å². The van der Waals surface area contributed by atoms with Crippen molar-refractivity contribution in [2.24, 2.45) is 0 Å². The number of ether oxygens (including phenoxy) is 3. The second-order valence-electron chi connectivity index (χ2n) is 7.27. The molecule has 1 aliphatic heterocycles. The molecule has 0 saturated heterocycles. The first-order chi connectivity index (χ1) is 15.6. The van der Waals surface area contributed by atoms with Gasteiger partial charge in [0.25, 0.3) is 0 Å². The zero-order valence-corrected chi connectivity index (χ0v) is 17.5. The van der Waals surface area contributed by atoms with E-state index < -0.39 is 17.7 Å². The average molecular weight is 443 g/mol. The summed E-state index contributed by atoms with van der Waals surface area (Å²) in [4.78, 5) is 16.3. The van der Waals surface area contributed by atoms with Gasteiger partial charge in [-0.05, 0) is 30.1 Å². The first-order valence-electron chi connectivity index (χ1n) is 10.2. The number of nitrogens with one attached hydrogen (secondary N) is 2. The van der Waals surface area contributed by atoms with Crippen LogP contribution in [0.2, 0.25) is 0 Å². The Morgan fingerprint density at radius 1 is 1.16 bits per heavy atom. The lowest BCUT2D eigenvalue weighted by atomic mass is 9.96. The number of nitrogens with zero attached hydrogens (tertiary/aromatic N) is 1. The molecule has 2 N–H and O–H groups in total. The molecule has 4 rings (SSSR count). The van der Waals surface area contributed by atoms with Crippen LogP contribution in [0.15, 0.2) is 42.5 Å². The lowest BCUT2D eigenvalue weighted by Crippen LogP contribution is -2.28. The van der Waals surface area contributed by atoms with E-state index in [0.717, 1.165) is 23.3 Å². The van der Waals surface area contributed by atoms with E-state index >= 15 is 0 Å². The van der Waals surface area contributed by atoms with Crippen LogP contribution in [-0.2, 0) is 22.6 Å². The highest BCUT2D eigenvalue weighted by atomic mass is 19.2. The molecule has 168 valence electrons. The van der Waals surface area contributed by atoms with Gasteiger partial charge in [-0.25, -0.2) is 18.6 Å². The molecular weight excluding hydrogens is 420 g/mol. The van der Waals surface area contributed by atoms with E-state index in [1.165, 1.54) is 0 Å². The molecule has 32 heavy (non-hydrogen) atoms. The molecule has 7 nitrogen and oxygen atoms in total. The zero-order chi connectivity index (χ0) is 22.5. The van der Waals surface area contributed by atoms with Crippen molar-refractivity contribution >= 4 is 16.9 Å². The van der Waals surface area contributed by atoms with Crippen molar-refractivity contribution in [2.45, 2.75) is 19.2 Å². The number of fused-ring (bicyclic) bond motifs is 3. The zero-order valence-electron chi connectivity index (χ0n) is 17.5. The molecule has 1 aliphatic rings. The maximum absolute atomic E-state index is 14.0. The van der Waals surface area contributed by atoms with Crippen LogP contribution in [0, 0.1) is 11.6 Å². The Kier molecular flexibility index (Phi) is 6.77. The number of pyridine rings is 1. The minimum absolute atomic E-state index is 0.00501. The van der Waals surface area contributed by atoms with E-state index in [2.05, 4.69) is 15.6 Å². The summed E-state index contributed by atoms with van der Waals surface area (Å²) in [5.41, 5.74) is 2.30. The molecule has 0 spiro atoms. The Hall–Kier alpha value is -3.30. The highest BCUT2D eigenvalue weighted by molar-refractivity contribution is 5.91. The molecule has 1 aromatic heterocycles. The van der Waals surface area contributed by atoms with Crippen molar-refractivity contribution in [3.05, 3.63) is 70.9 Å². The Bertz CT molecular complexity index is 1110. The SMILES string of the molecule is CN[C@@H]1COCc2nc(OCCOC(=O)NCc3ccccc3)c3cc(F)c(F)cc3c21. The highest BCUT2D eigenvalue weighted by Crippen LogP contribution is 2.36. The maximum Gasteiger partial charge on any atom is 0.407 e. The standard InChI is InChI=1S/C23H23F2N3O4/c1-26-19-12-30-13-20-21(19)15-9-17(24)18(25)10-16(15)22(28-20)31-7-8-32-23(29)27-11-14-5-3-2-4-6-14/h2-6,9-10,19,26H,7-8,11-13H2,1H3,(H,27,29)/t19-/m1/s1. The summed E-state index contributed by atoms with van der Waals surface area (Å²) in [5, 5.41) is 6.61. The van der Waals surface area contributed by atoms with Gasteiger partial charge in [-0.15, -0.1) is 0 Å². The van der Waals surface area contributed by atoms with Gasteiger partial charge in [-0.1, -0.05) is 30.3 Å². The predicted molar refractivity (Wildman–Crippen MR) is 113 cm³/mol. The molecule has 0 saturated carbocycles. The highest BCUT2D eigenvalue weighted by Gasteiger charge is 2.26. The van der Waals surface area contributed by atoms with Gasteiger partial charge in [0.1, 0.15) is 13.2 Å². The molecule has 0 radical (unpaired) electrons.